The van der Waals surface area contributed by atoms with Crippen LogP contribution in [0.5, 0.6) is 0 Å². The standard InChI is InChI=1S/C13H12BrNO2/c1-7-4-9(14)5-10-11(7)15(6-8-2-3-8)13(17)12(10)16/h4-5,8H,2-3,6H2,1H3. The Morgan fingerprint density at radius 3 is 2.71 bits per heavy atom. The predicted molar refractivity (Wildman–Crippen MR) is 68.3 cm³/mol. The fourth-order valence-electron chi connectivity index (χ4n) is 2.34. The molecule has 0 saturated heterocycles. The average Bonchev–Trinajstić information content (AvgIpc) is 3.04. The number of carbonyl (C=O) groups excluding carboxylic acids is 2. The predicted octanol–water partition coefficient (Wildman–Crippen LogP) is 2.70. The number of halogens is 1. The van der Waals surface area contributed by atoms with Gasteiger partial charge in [-0.25, -0.2) is 0 Å². The van der Waals surface area contributed by atoms with Crippen LogP contribution in [0.4, 0.5) is 5.69 Å². The molecule has 2 aliphatic rings. The molecule has 1 fully saturated rings. The highest BCUT2D eigenvalue weighted by Crippen LogP contribution is 2.38. The van der Waals surface area contributed by atoms with Gasteiger partial charge in [-0.2, -0.15) is 0 Å². The molecule has 0 radical (unpaired) electrons. The Morgan fingerprint density at radius 1 is 1.35 bits per heavy atom. The Morgan fingerprint density at radius 2 is 2.06 bits per heavy atom. The van der Waals surface area contributed by atoms with Crippen LogP contribution < -0.4 is 4.90 Å². The van der Waals surface area contributed by atoms with E-state index in [4.69, 9.17) is 0 Å². The number of benzene rings is 1. The molecule has 0 atom stereocenters. The van der Waals surface area contributed by atoms with Crippen LogP contribution in [0.1, 0.15) is 28.8 Å². The number of fused-ring (bicyclic) bond motifs is 1. The first kappa shape index (κ1) is 11.0. The van der Waals surface area contributed by atoms with Crippen LogP contribution in [0.15, 0.2) is 16.6 Å². The largest absolute Gasteiger partial charge is 0.304 e. The minimum Gasteiger partial charge on any atom is -0.304 e. The zero-order valence-electron chi connectivity index (χ0n) is 9.50. The van der Waals surface area contributed by atoms with Gasteiger partial charge in [-0.3, -0.25) is 9.59 Å². The summed E-state index contributed by atoms with van der Waals surface area (Å²) in [5, 5.41) is 0. The van der Waals surface area contributed by atoms with Gasteiger partial charge in [0.1, 0.15) is 0 Å². The number of aryl methyl sites for hydroxylation is 1. The molecule has 17 heavy (non-hydrogen) atoms. The quantitative estimate of drug-likeness (QED) is 0.786. The molecule has 0 bridgehead atoms. The lowest BCUT2D eigenvalue weighted by molar-refractivity contribution is -0.114. The van der Waals surface area contributed by atoms with E-state index < -0.39 is 0 Å². The second kappa shape index (κ2) is 3.67. The van der Waals surface area contributed by atoms with Gasteiger partial charge in [-0.1, -0.05) is 15.9 Å². The van der Waals surface area contributed by atoms with E-state index in [0.29, 0.717) is 18.0 Å². The van der Waals surface area contributed by atoms with Crippen molar-refractivity contribution in [3.8, 4) is 0 Å². The smallest absolute Gasteiger partial charge is 0.299 e. The number of hydrogen-bond acceptors (Lipinski definition) is 2. The summed E-state index contributed by atoms with van der Waals surface area (Å²) in [5.74, 6) is -0.154. The molecule has 1 aromatic carbocycles. The summed E-state index contributed by atoms with van der Waals surface area (Å²) >= 11 is 3.36. The summed E-state index contributed by atoms with van der Waals surface area (Å²) in [6.07, 6.45) is 2.34. The Labute approximate surface area is 108 Å². The Hall–Kier alpha value is -1.16. The number of Topliss-reactive ketones (excluding diaryl/α,β-unsaturated/α-hetero) is 1. The normalized spacial score (nSPS) is 18.8. The van der Waals surface area contributed by atoms with Crippen molar-refractivity contribution in [2.75, 3.05) is 11.4 Å². The first-order valence-electron chi connectivity index (χ1n) is 5.74. The number of rotatable bonds is 2. The Bertz CT molecular complexity index is 534. The summed E-state index contributed by atoms with van der Waals surface area (Å²) in [5.41, 5.74) is 2.34. The van der Waals surface area contributed by atoms with E-state index >= 15 is 0 Å². The van der Waals surface area contributed by atoms with E-state index in [-0.39, 0.29) is 11.7 Å². The summed E-state index contributed by atoms with van der Waals surface area (Å²) in [7, 11) is 0. The zero-order chi connectivity index (χ0) is 12.2. The highest BCUT2D eigenvalue weighted by Gasteiger charge is 2.39. The van der Waals surface area contributed by atoms with E-state index in [1.54, 1.807) is 11.0 Å². The molecule has 3 nitrogen and oxygen atoms in total. The number of carbonyl (C=O) groups is 2. The second-order valence-corrected chi connectivity index (χ2v) is 5.72. The minimum absolute atomic E-state index is 0.367. The summed E-state index contributed by atoms with van der Waals surface area (Å²) in [6.45, 7) is 2.63. The monoisotopic (exact) mass is 293 g/mol. The highest BCUT2D eigenvalue weighted by molar-refractivity contribution is 9.10. The Balaban J connectivity index is 2.10. The number of anilines is 1. The first-order valence-corrected chi connectivity index (χ1v) is 6.53. The van der Waals surface area contributed by atoms with Crippen LogP contribution in [0.3, 0.4) is 0 Å². The number of hydrogen-bond donors (Lipinski definition) is 0. The van der Waals surface area contributed by atoms with Crippen molar-refractivity contribution in [1.29, 1.82) is 0 Å². The lowest BCUT2D eigenvalue weighted by Gasteiger charge is -2.18. The molecule has 1 saturated carbocycles. The van der Waals surface area contributed by atoms with E-state index in [1.165, 1.54) is 12.8 Å². The molecule has 0 aromatic heterocycles. The third-order valence-corrected chi connectivity index (χ3v) is 3.81. The number of nitrogens with zero attached hydrogens (tertiary/aromatic N) is 1. The van der Waals surface area contributed by atoms with Gasteiger partial charge in [0.05, 0.1) is 11.3 Å². The van der Waals surface area contributed by atoms with Crippen molar-refractivity contribution in [2.45, 2.75) is 19.8 Å². The summed E-state index contributed by atoms with van der Waals surface area (Å²) in [6, 6.07) is 3.69. The van der Waals surface area contributed by atoms with Gasteiger partial charge < -0.3 is 4.90 Å². The maximum atomic E-state index is 12.0. The summed E-state index contributed by atoms with van der Waals surface area (Å²) in [4.78, 5) is 25.5. The molecule has 1 aliphatic heterocycles. The first-order chi connectivity index (χ1) is 8.08. The van der Waals surface area contributed by atoms with Crippen molar-refractivity contribution in [3.05, 3.63) is 27.7 Å². The minimum atomic E-state index is -0.370. The van der Waals surface area contributed by atoms with Crippen LogP contribution in [-0.2, 0) is 4.79 Å². The molecule has 1 amide bonds. The molecule has 3 rings (SSSR count). The zero-order valence-corrected chi connectivity index (χ0v) is 11.1. The van der Waals surface area contributed by atoms with Crippen LogP contribution >= 0.6 is 15.9 Å². The highest BCUT2D eigenvalue weighted by atomic mass is 79.9. The van der Waals surface area contributed by atoms with Crippen molar-refractivity contribution in [2.24, 2.45) is 5.92 Å². The molecule has 1 aliphatic carbocycles. The molecule has 0 spiro atoms. The third-order valence-electron chi connectivity index (χ3n) is 3.36. The summed E-state index contributed by atoms with van der Waals surface area (Å²) < 4.78 is 0.850. The van der Waals surface area contributed by atoms with Gasteiger partial charge in [0.25, 0.3) is 11.7 Å². The molecule has 0 unspecified atom stereocenters. The Kier molecular flexibility index (Phi) is 2.36. The van der Waals surface area contributed by atoms with Gasteiger partial charge in [-0.05, 0) is 43.4 Å². The molecule has 88 valence electrons. The lowest BCUT2D eigenvalue weighted by Crippen LogP contribution is -2.31. The van der Waals surface area contributed by atoms with Crippen molar-refractivity contribution >= 4 is 33.3 Å². The third kappa shape index (κ3) is 1.71. The van der Waals surface area contributed by atoms with Crippen molar-refractivity contribution in [1.82, 2.24) is 0 Å². The number of amides is 1. The molecular formula is C13H12BrNO2. The van der Waals surface area contributed by atoms with Gasteiger partial charge in [0.2, 0.25) is 0 Å². The van der Waals surface area contributed by atoms with Gasteiger partial charge >= 0.3 is 0 Å². The number of ketones is 1. The van der Waals surface area contributed by atoms with E-state index in [0.717, 1.165) is 15.7 Å². The van der Waals surface area contributed by atoms with Crippen LogP contribution in [-0.4, -0.2) is 18.2 Å². The fourth-order valence-corrected chi connectivity index (χ4v) is 2.91. The fraction of sp³-hybridized carbons (Fsp3) is 0.385. The average molecular weight is 294 g/mol. The van der Waals surface area contributed by atoms with Crippen LogP contribution in [0.25, 0.3) is 0 Å². The molecule has 1 aromatic rings. The van der Waals surface area contributed by atoms with Crippen molar-refractivity contribution in [3.63, 3.8) is 0 Å². The van der Waals surface area contributed by atoms with Gasteiger partial charge in [0.15, 0.2) is 0 Å². The van der Waals surface area contributed by atoms with E-state index in [1.807, 2.05) is 13.0 Å². The van der Waals surface area contributed by atoms with Gasteiger partial charge in [0, 0.05) is 11.0 Å². The van der Waals surface area contributed by atoms with Crippen molar-refractivity contribution < 1.29 is 9.59 Å². The second-order valence-electron chi connectivity index (χ2n) is 4.81. The van der Waals surface area contributed by atoms with E-state index in [2.05, 4.69) is 15.9 Å². The molecule has 4 heteroatoms. The SMILES string of the molecule is Cc1cc(Br)cc2c1N(CC1CC1)C(=O)C2=O. The molecule has 1 heterocycles. The van der Waals surface area contributed by atoms with Gasteiger partial charge in [-0.15, -0.1) is 0 Å². The molecule has 0 N–H and O–H groups in total. The maximum absolute atomic E-state index is 12.0. The van der Waals surface area contributed by atoms with E-state index in [9.17, 15) is 9.59 Å². The topological polar surface area (TPSA) is 37.4 Å². The molecular weight excluding hydrogens is 282 g/mol. The van der Waals surface area contributed by atoms with Crippen LogP contribution in [0, 0.1) is 12.8 Å². The lowest BCUT2D eigenvalue weighted by atomic mass is 10.1. The van der Waals surface area contributed by atoms with Crippen LogP contribution in [0.2, 0.25) is 0 Å². The maximum Gasteiger partial charge on any atom is 0.299 e.